The van der Waals surface area contributed by atoms with Crippen molar-refractivity contribution in [2.45, 2.75) is 39.7 Å². The fraction of sp³-hybridized carbons (Fsp3) is 0.800. The number of hydrogen-bond acceptors (Lipinski definition) is 2. The first-order chi connectivity index (χ1) is 6.47. The van der Waals surface area contributed by atoms with E-state index in [9.17, 15) is 9.59 Å². The average molecular weight is 200 g/mol. The van der Waals surface area contributed by atoms with Gasteiger partial charge in [0.15, 0.2) is 0 Å². The maximum absolute atomic E-state index is 11.3. The number of hydrogen-bond donors (Lipinski definition) is 2. The van der Waals surface area contributed by atoms with Gasteiger partial charge in [-0.1, -0.05) is 13.8 Å². The summed E-state index contributed by atoms with van der Waals surface area (Å²) in [5.41, 5.74) is 0. The topological polar surface area (TPSA) is 58.2 Å². The van der Waals surface area contributed by atoms with E-state index in [0.29, 0.717) is 12.3 Å². The fourth-order valence-electron chi connectivity index (χ4n) is 1.02. The summed E-state index contributed by atoms with van der Waals surface area (Å²) in [7, 11) is 1.55. The van der Waals surface area contributed by atoms with Gasteiger partial charge in [-0.2, -0.15) is 0 Å². The molecule has 0 rings (SSSR count). The highest BCUT2D eigenvalue weighted by Crippen LogP contribution is 2.02. The lowest BCUT2D eigenvalue weighted by atomic mass is 10.1. The molecule has 0 aliphatic heterocycles. The Morgan fingerprint density at radius 1 is 1.21 bits per heavy atom. The maximum atomic E-state index is 11.3. The van der Waals surface area contributed by atoms with Crippen molar-refractivity contribution in [3.05, 3.63) is 0 Å². The summed E-state index contributed by atoms with van der Waals surface area (Å²) in [6, 6.07) is -0.445. The predicted octanol–water partition coefficient (Wildman–Crippen LogP) is 0.673. The summed E-state index contributed by atoms with van der Waals surface area (Å²) in [6.45, 7) is 5.80. The molecule has 0 aromatic carbocycles. The van der Waals surface area contributed by atoms with Crippen LogP contribution in [0.15, 0.2) is 0 Å². The van der Waals surface area contributed by atoms with Gasteiger partial charge in [0.2, 0.25) is 11.8 Å². The molecule has 1 unspecified atom stereocenters. The molecular weight excluding hydrogens is 180 g/mol. The highest BCUT2D eigenvalue weighted by atomic mass is 16.2. The van der Waals surface area contributed by atoms with E-state index in [2.05, 4.69) is 24.5 Å². The van der Waals surface area contributed by atoms with Gasteiger partial charge in [0.05, 0.1) is 0 Å². The molecule has 0 bridgehead atoms. The zero-order valence-corrected chi connectivity index (χ0v) is 9.39. The Labute approximate surface area is 85.4 Å². The minimum Gasteiger partial charge on any atom is -0.357 e. The van der Waals surface area contributed by atoms with Gasteiger partial charge in [0.1, 0.15) is 6.04 Å². The highest BCUT2D eigenvalue weighted by Gasteiger charge is 2.13. The van der Waals surface area contributed by atoms with Crippen LogP contribution in [0.25, 0.3) is 0 Å². The number of likely N-dealkylation sites (N-methyl/N-ethyl adjacent to an activating group) is 1. The van der Waals surface area contributed by atoms with Crippen LogP contribution in [0.1, 0.15) is 33.6 Å². The van der Waals surface area contributed by atoms with Gasteiger partial charge in [-0.15, -0.1) is 0 Å². The molecule has 0 radical (unpaired) electrons. The molecular formula is C10H20N2O2. The van der Waals surface area contributed by atoms with Crippen LogP contribution in [0.3, 0.4) is 0 Å². The van der Waals surface area contributed by atoms with Gasteiger partial charge in [-0.3, -0.25) is 9.59 Å². The number of carbonyl (C=O) groups excluding carboxylic acids is 2. The Morgan fingerprint density at radius 2 is 1.79 bits per heavy atom. The molecule has 14 heavy (non-hydrogen) atoms. The van der Waals surface area contributed by atoms with Crippen molar-refractivity contribution in [2.24, 2.45) is 5.92 Å². The number of nitrogens with one attached hydrogen (secondary N) is 2. The molecule has 2 amide bonds. The molecule has 0 aliphatic carbocycles. The van der Waals surface area contributed by atoms with Gasteiger partial charge >= 0.3 is 0 Å². The molecule has 82 valence electrons. The van der Waals surface area contributed by atoms with Crippen molar-refractivity contribution in [3.63, 3.8) is 0 Å². The van der Waals surface area contributed by atoms with E-state index in [1.165, 1.54) is 0 Å². The van der Waals surface area contributed by atoms with Crippen LogP contribution in [0, 0.1) is 5.92 Å². The van der Waals surface area contributed by atoms with Crippen molar-refractivity contribution in [3.8, 4) is 0 Å². The molecule has 0 aromatic heterocycles. The third-order valence-electron chi connectivity index (χ3n) is 1.97. The summed E-state index contributed by atoms with van der Waals surface area (Å²) in [5, 5.41) is 5.12. The Hall–Kier alpha value is -1.06. The summed E-state index contributed by atoms with van der Waals surface area (Å²) in [4.78, 5) is 22.3. The number of carbonyl (C=O) groups is 2. The van der Waals surface area contributed by atoms with E-state index in [4.69, 9.17) is 0 Å². The van der Waals surface area contributed by atoms with Crippen molar-refractivity contribution in [2.75, 3.05) is 7.05 Å². The Bertz CT molecular complexity index is 202. The third-order valence-corrected chi connectivity index (χ3v) is 1.97. The van der Waals surface area contributed by atoms with Crippen LogP contribution in [-0.2, 0) is 9.59 Å². The molecule has 4 heteroatoms. The lowest BCUT2D eigenvalue weighted by Gasteiger charge is -2.12. The monoisotopic (exact) mass is 200 g/mol. The second-order valence-corrected chi connectivity index (χ2v) is 3.84. The largest absolute Gasteiger partial charge is 0.357 e. The Balaban J connectivity index is 3.77. The van der Waals surface area contributed by atoms with Crippen LogP contribution in [0.4, 0.5) is 0 Å². The van der Waals surface area contributed by atoms with Crippen LogP contribution >= 0.6 is 0 Å². The van der Waals surface area contributed by atoms with Crippen LogP contribution < -0.4 is 10.6 Å². The van der Waals surface area contributed by atoms with Crippen molar-refractivity contribution in [1.29, 1.82) is 0 Å². The quantitative estimate of drug-likeness (QED) is 0.685. The smallest absolute Gasteiger partial charge is 0.242 e. The van der Waals surface area contributed by atoms with Crippen LogP contribution in [0.2, 0.25) is 0 Å². The van der Waals surface area contributed by atoms with E-state index < -0.39 is 6.04 Å². The molecule has 0 saturated carbocycles. The van der Waals surface area contributed by atoms with Gasteiger partial charge in [-0.05, 0) is 19.3 Å². The average Bonchev–Trinajstić information content (AvgIpc) is 2.13. The maximum Gasteiger partial charge on any atom is 0.242 e. The Morgan fingerprint density at radius 3 is 2.21 bits per heavy atom. The Kier molecular flexibility index (Phi) is 5.92. The lowest BCUT2D eigenvalue weighted by molar-refractivity contribution is -0.128. The molecule has 0 saturated heterocycles. The van der Waals surface area contributed by atoms with Crippen LogP contribution in [0.5, 0.6) is 0 Å². The van der Waals surface area contributed by atoms with Crippen molar-refractivity contribution in [1.82, 2.24) is 10.6 Å². The van der Waals surface area contributed by atoms with E-state index >= 15 is 0 Å². The fourth-order valence-corrected chi connectivity index (χ4v) is 1.02. The molecule has 0 aromatic rings. The summed E-state index contributed by atoms with van der Waals surface area (Å²) >= 11 is 0. The minimum absolute atomic E-state index is 0.0604. The van der Waals surface area contributed by atoms with Crippen LogP contribution in [-0.4, -0.2) is 24.9 Å². The molecule has 1 atom stereocenters. The zero-order valence-electron chi connectivity index (χ0n) is 9.39. The SMILES string of the molecule is CNC(=O)C(C)NC(=O)CCC(C)C. The van der Waals surface area contributed by atoms with E-state index in [1.807, 2.05) is 0 Å². The van der Waals surface area contributed by atoms with Gasteiger partial charge in [-0.25, -0.2) is 0 Å². The van der Waals surface area contributed by atoms with E-state index in [0.717, 1.165) is 6.42 Å². The number of amides is 2. The molecule has 4 nitrogen and oxygen atoms in total. The van der Waals surface area contributed by atoms with Gasteiger partial charge in [0.25, 0.3) is 0 Å². The molecule has 0 aliphatic rings. The standard InChI is InChI=1S/C10H20N2O2/c1-7(2)5-6-9(13)12-8(3)10(14)11-4/h7-8H,5-6H2,1-4H3,(H,11,14)(H,12,13). The minimum atomic E-state index is -0.445. The second kappa shape index (κ2) is 6.40. The first-order valence-corrected chi connectivity index (χ1v) is 4.98. The molecule has 0 heterocycles. The molecule has 0 spiro atoms. The number of rotatable bonds is 5. The first kappa shape index (κ1) is 12.9. The van der Waals surface area contributed by atoms with Gasteiger partial charge < -0.3 is 10.6 Å². The normalized spacial score (nSPS) is 12.4. The predicted molar refractivity (Wildman–Crippen MR) is 55.7 cm³/mol. The van der Waals surface area contributed by atoms with E-state index in [1.54, 1.807) is 14.0 Å². The molecule has 0 fully saturated rings. The second-order valence-electron chi connectivity index (χ2n) is 3.84. The third kappa shape index (κ3) is 5.56. The zero-order chi connectivity index (χ0) is 11.1. The molecule has 2 N–H and O–H groups in total. The van der Waals surface area contributed by atoms with Crippen molar-refractivity contribution >= 4 is 11.8 Å². The highest BCUT2D eigenvalue weighted by molar-refractivity contribution is 5.86. The first-order valence-electron chi connectivity index (χ1n) is 4.98. The summed E-state index contributed by atoms with van der Waals surface area (Å²) in [5.74, 6) is 0.286. The van der Waals surface area contributed by atoms with E-state index in [-0.39, 0.29) is 11.8 Å². The summed E-state index contributed by atoms with van der Waals surface area (Å²) < 4.78 is 0. The summed E-state index contributed by atoms with van der Waals surface area (Å²) in [6.07, 6.45) is 1.34. The van der Waals surface area contributed by atoms with Gasteiger partial charge in [0, 0.05) is 13.5 Å². The van der Waals surface area contributed by atoms with Crippen molar-refractivity contribution < 1.29 is 9.59 Å². The lowest BCUT2D eigenvalue weighted by Crippen LogP contribution is -2.43.